The summed E-state index contributed by atoms with van der Waals surface area (Å²) in [5.41, 5.74) is 1.54. The van der Waals surface area contributed by atoms with Gasteiger partial charge in [0, 0.05) is 17.3 Å². The average molecular weight is 412 g/mol. The van der Waals surface area contributed by atoms with Crippen molar-refractivity contribution in [2.24, 2.45) is 0 Å². The van der Waals surface area contributed by atoms with E-state index < -0.39 is 0 Å². The van der Waals surface area contributed by atoms with Crippen molar-refractivity contribution in [3.63, 3.8) is 0 Å². The third-order valence-electron chi connectivity index (χ3n) is 4.29. The third-order valence-corrected chi connectivity index (χ3v) is 5.25. The number of carbonyl (C=O) groups excluding carboxylic acids is 1. The van der Waals surface area contributed by atoms with Crippen LogP contribution in [0.1, 0.15) is 6.92 Å². The standard InChI is InChI=1S/C20H20N4O4S/c1-12(19(25)21-14-5-8-16-17(11-14)28-10-9-27-16)29-20-22-18(23-24-20)13-3-6-15(26-2)7-4-13/h3-8,11-12H,9-10H2,1-2H3,(H,21,25)(H,22,23,24)/t12-/m0/s1. The second-order valence-electron chi connectivity index (χ2n) is 6.30. The van der Waals surface area contributed by atoms with Gasteiger partial charge in [0.05, 0.1) is 12.4 Å². The average Bonchev–Trinajstić information content (AvgIpc) is 3.22. The highest BCUT2D eigenvalue weighted by Crippen LogP contribution is 2.33. The number of benzene rings is 2. The lowest BCUT2D eigenvalue weighted by Crippen LogP contribution is -2.23. The summed E-state index contributed by atoms with van der Waals surface area (Å²) in [6.45, 7) is 2.83. The molecule has 1 aliphatic heterocycles. The molecule has 8 nitrogen and oxygen atoms in total. The van der Waals surface area contributed by atoms with E-state index in [1.54, 1.807) is 32.2 Å². The lowest BCUT2D eigenvalue weighted by molar-refractivity contribution is -0.115. The first kappa shape index (κ1) is 19.1. The molecule has 4 rings (SSSR count). The molecule has 9 heteroatoms. The van der Waals surface area contributed by atoms with Crippen LogP contribution in [-0.4, -0.2) is 46.7 Å². The smallest absolute Gasteiger partial charge is 0.237 e. The second kappa shape index (κ2) is 8.44. The highest BCUT2D eigenvalue weighted by molar-refractivity contribution is 8.00. The molecule has 2 heterocycles. The fourth-order valence-electron chi connectivity index (χ4n) is 2.75. The number of nitrogens with zero attached hydrogens (tertiary/aromatic N) is 2. The van der Waals surface area contributed by atoms with Crippen LogP contribution in [0.2, 0.25) is 0 Å². The quantitative estimate of drug-likeness (QED) is 0.599. The number of anilines is 1. The maximum absolute atomic E-state index is 12.5. The minimum absolute atomic E-state index is 0.150. The summed E-state index contributed by atoms with van der Waals surface area (Å²) in [6.07, 6.45) is 0. The van der Waals surface area contributed by atoms with E-state index in [0.29, 0.717) is 41.4 Å². The Morgan fingerprint density at radius 2 is 1.93 bits per heavy atom. The van der Waals surface area contributed by atoms with Crippen molar-refractivity contribution in [2.45, 2.75) is 17.3 Å². The van der Waals surface area contributed by atoms with E-state index in [2.05, 4.69) is 20.5 Å². The Morgan fingerprint density at radius 3 is 2.69 bits per heavy atom. The molecule has 0 aliphatic carbocycles. The molecule has 0 fully saturated rings. The predicted octanol–water partition coefficient (Wildman–Crippen LogP) is 3.37. The maximum atomic E-state index is 12.5. The van der Waals surface area contributed by atoms with Gasteiger partial charge < -0.3 is 19.5 Å². The summed E-state index contributed by atoms with van der Waals surface area (Å²) < 4.78 is 16.2. The van der Waals surface area contributed by atoms with Crippen molar-refractivity contribution in [1.82, 2.24) is 15.2 Å². The highest BCUT2D eigenvalue weighted by atomic mass is 32.2. The van der Waals surface area contributed by atoms with Gasteiger partial charge in [0.1, 0.15) is 19.0 Å². The molecule has 0 saturated carbocycles. The van der Waals surface area contributed by atoms with Crippen LogP contribution in [0.25, 0.3) is 11.4 Å². The molecule has 0 spiro atoms. The minimum Gasteiger partial charge on any atom is -0.497 e. The van der Waals surface area contributed by atoms with Gasteiger partial charge in [-0.15, -0.1) is 5.10 Å². The first-order valence-corrected chi connectivity index (χ1v) is 9.94. The number of amides is 1. The van der Waals surface area contributed by atoms with E-state index in [4.69, 9.17) is 14.2 Å². The number of nitrogens with one attached hydrogen (secondary N) is 2. The molecule has 0 radical (unpaired) electrons. The van der Waals surface area contributed by atoms with Crippen LogP contribution in [0, 0.1) is 0 Å². The molecule has 3 aromatic rings. The predicted molar refractivity (Wildman–Crippen MR) is 110 cm³/mol. The largest absolute Gasteiger partial charge is 0.497 e. The number of methoxy groups -OCH3 is 1. The molecule has 0 saturated heterocycles. The minimum atomic E-state index is -0.386. The second-order valence-corrected chi connectivity index (χ2v) is 7.61. The van der Waals surface area contributed by atoms with Crippen LogP contribution in [-0.2, 0) is 4.79 Å². The topological polar surface area (TPSA) is 98.4 Å². The lowest BCUT2D eigenvalue weighted by Gasteiger charge is -2.19. The number of ether oxygens (including phenoxy) is 3. The van der Waals surface area contributed by atoms with Crippen LogP contribution in [0.15, 0.2) is 47.6 Å². The van der Waals surface area contributed by atoms with Crippen molar-refractivity contribution in [3.05, 3.63) is 42.5 Å². The Balaban J connectivity index is 1.38. The van der Waals surface area contributed by atoms with E-state index in [-0.39, 0.29) is 11.2 Å². The van der Waals surface area contributed by atoms with Gasteiger partial charge >= 0.3 is 0 Å². The zero-order chi connectivity index (χ0) is 20.2. The number of hydrogen-bond donors (Lipinski definition) is 2. The van der Waals surface area contributed by atoms with Crippen molar-refractivity contribution in [2.75, 3.05) is 25.6 Å². The molecule has 150 valence electrons. The van der Waals surface area contributed by atoms with Gasteiger partial charge in [-0.2, -0.15) is 0 Å². The summed E-state index contributed by atoms with van der Waals surface area (Å²) in [7, 11) is 1.62. The van der Waals surface area contributed by atoms with Gasteiger partial charge in [0.2, 0.25) is 11.1 Å². The Kier molecular flexibility index (Phi) is 5.57. The summed E-state index contributed by atoms with van der Waals surface area (Å²) >= 11 is 1.28. The van der Waals surface area contributed by atoms with Crippen LogP contribution >= 0.6 is 11.8 Å². The Bertz CT molecular complexity index is 1010. The van der Waals surface area contributed by atoms with Gasteiger partial charge in [-0.1, -0.05) is 11.8 Å². The molecule has 29 heavy (non-hydrogen) atoms. The number of carbonyl (C=O) groups is 1. The molecule has 2 aromatic carbocycles. The summed E-state index contributed by atoms with van der Waals surface area (Å²) in [5.74, 6) is 2.57. The number of aromatic nitrogens is 3. The van der Waals surface area contributed by atoms with E-state index in [1.807, 2.05) is 24.3 Å². The van der Waals surface area contributed by atoms with E-state index in [0.717, 1.165) is 11.3 Å². The number of hydrogen-bond acceptors (Lipinski definition) is 7. The molecule has 2 N–H and O–H groups in total. The van der Waals surface area contributed by atoms with Crippen LogP contribution in [0.4, 0.5) is 5.69 Å². The summed E-state index contributed by atoms with van der Waals surface area (Å²) in [6, 6.07) is 12.8. The number of rotatable bonds is 6. The maximum Gasteiger partial charge on any atom is 0.237 e. The van der Waals surface area contributed by atoms with Gasteiger partial charge in [-0.3, -0.25) is 9.89 Å². The normalized spacial score (nSPS) is 13.6. The molecular formula is C20H20N4O4S. The molecule has 1 amide bonds. The molecule has 1 atom stereocenters. The molecule has 0 unspecified atom stereocenters. The molecular weight excluding hydrogens is 392 g/mol. The van der Waals surface area contributed by atoms with Crippen molar-refractivity contribution >= 4 is 23.4 Å². The Hall–Kier alpha value is -3.20. The van der Waals surface area contributed by atoms with E-state index in [9.17, 15) is 4.79 Å². The van der Waals surface area contributed by atoms with E-state index in [1.165, 1.54) is 11.8 Å². The van der Waals surface area contributed by atoms with Crippen LogP contribution < -0.4 is 19.5 Å². The first-order chi connectivity index (χ1) is 14.1. The first-order valence-electron chi connectivity index (χ1n) is 9.06. The summed E-state index contributed by atoms with van der Waals surface area (Å²) in [4.78, 5) is 17.0. The fraction of sp³-hybridized carbons (Fsp3) is 0.250. The van der Waals surface area contributed by atoms with E-state index >= 15 is 0 Å². The van der Waals surface area contributed by atoms with Gasteiger partial charge in [0.15, 0.2) is 17.3 Å². The zero-order valence-electron chi connectivity index (χ0n) is 16.0. The highest BCUT2D eigenvalue weighted by Gasteiger charge is 2.19. The summed E-state index contributed by atoms with van der Waals surface area (Å²) in [5, 5.41) is 10.1. The number of fused-ring (bicyclic) bond motifs is 1. The van der Waals surface area contributed by atoms with Crippen molar-refractivity contribution < 1.29 is 19.0 Å². The van der Waals surface area contributed by atoms with Gasteiger partial charge in [0.25, 0.3) is 0 Å². The number of H-pyrrole nitrogens is 1. The SMILES string of the molecule is COc1ccc(-c2nc(S[C@@H](C)C(=O)Nc3ccc4c(c3)OCCO4)n[nH]2)cc1. The van der Waals surface area contributed by atoms with Gasteiger partial charge in [-0.05, 0) is 43.3 Å². The van der Waals surface area contributed by atoms with Crippen molar-refractivity contribution in [1.29, 1.82) is 0 Å². The fourth-order valence-corrected chi connectivity index (χ4v) is 3.48. The zero-order valence-corrected chi connectivity index (χ0v) is 16.8. The molecule has 1 aromatic heterocycles. The molecule has 0 bridgehead atoms. The lowest BCUT2D eigenvalue weighted by atomic mass is 10.2. The van der Waals surface area contributed by atoms with Gasteiger partial charge in [-0.25, -0.2) is 4.98 Å². The van der Waals surface area contributed by atoms with Crippen LogP contribution in [0.5, 0.6) is 17.2 Å². The third kappa shape index (κ3) is 4.45. The Morgan fingerprint density at radius 1 is 1.17 bits per heavy atom. The monoisotopic (exact) mass is 412 g/mol. The van der Waals surface area contributed by atoms with Crippen LogP contribution in [0.3, 0.4) is 0 Å². The number of thioether (sulfide) groups is 1. The molecule has 1 aliphatic rings. The number of aromatic amines is 1. The van der Waals surface area contributed by atoms with Crippen molar-refractivity contribution in [3.8, 4) is 28.6 Å². The Labute approximate surface area is 172 Å².